The second-order valence-corrected chi connectivity index (χ2v) is 2.55. The van der Waals surface area contributed by atoms with Crippen LogP contribution < -0.4 is 0 Å². The molecule has 0 aliphatic heterocycles. The van der Waals surface area contributed by atoms with Gasteiger partial charge < -0.3 is 5.11 Å². The fourth-order valence-electron chi connectivity index (χ4n) is 0.851. The molecule has 12 heavy (non-hydrogen) atoms. The summed E-state index contributed by atoms with van der Waals surface area (Å²) in [4.78, 5) is 10.4. The number of carboxylic acid groups (broad SMARTS) is 1. The minimum absolute atomic E-state index is 0.0781. The molecular weight excluding hydrogens is 183 g/mol. The van der Waals surface area contributed by atoms with E-state index in [4.69, 9.17) is 16.7 Å². The number of benzene rings is 1. The van der Waals surface area contributed by atoms with E-state index in [1.807, 2.05) is 0 Å². The highest BCUT2D eigenvalue weighted by molar-refractivity contribution is 6.17. The first-order valence-electron chi connectivity index (χ1n) is 3.22. The maximum Gasteiger partial charge on any atom is 0.335 e. The van der Waals surface area contributed by atoms with Crippen molar-refractivity contribution in [2.45, 2.75) is 5.88 Å². The van der Waals surface area contributed by atoms with E-state index in [0.717, 1.165) is 6.07 Å². The van der Waals surface area contributed by atoms with Crippen LogP contribution in [0.25, 0.3) is 0 Å². The van der Waals surface area contributed by atoms with Gasteiger partial charge in [-0.25, -0.2) is 9.18 Å². The Morgan fingerprint density at radius 3 is 2.67 bits per heavy atom. The predicted octanol–water partition coefficient (Wildman–Crippen LogP) is 2.26. The third-order valence-electron chi connectivity index (χ3n) is 1.36. The molecule has 2 nitrogen and oxygen atoms in total. The van der Waals surface area contributed by atoms with Crippen molar-refractivity contribution >= 4 is 17.6 Å². The molecular formula is C8H6ClFO2. The van der Waals surface area contributed by atoms with Crippen LogP contribution in [0.5, 0.6) is 0 Å². The molecule has 1 aromatic rings. The van der Waals surface area contributed by atoms with Crippen LogP contribution in [-0.2, 0) is 5.88 Å². The third kappa shape index (κ3) is 1.95. The number of hydrogen-bond acceptors (Lipinski definition) is 1. The first kappa shape index (κ1) is 9.00. The summed E-state index contributed by atoms with van der Waals surface area (Å²) in [5, 5.41) is 8.52. The quantitative estimate of drug-likeness (QED) is 0.723. The molecule has 0 amide bonds. The van der Waals surface area contributed by atoms with Gasteiger partial charge in [0, 0.05) is 5.88 Å². The van der Waals surface area contributed by atoms with E-state index in [9.17, 15) is 9.18 Å². The van der Waals surface area contributed by atoms with Gasteiger partial charge in [-0.05, 0) is 23.8 Å². The standard InChI is InChI=1S/C8H6ClFO2/c9-4-5-1-6(8(11)12)3-7(10)2-5/h1-3H,4H2,(H,11,12). The molecule has 0 aliphatic rings. The van der Waals surface area contributed by atoms with Crippen LogP contribution in [0.1, 0.15) is 15.9 Å². The minimum atomic E-state index is -1.15. The van der Waals surface area contributed by atoms with Crippen molar-refractivity contribution in [2.24, 2.45) is 0 Å². The molecule has 4 heteroatoms. The van der Waals surface area contributed by atoms with E-state index in [1.165, 1.54) is 12.1 Å². The van der Waals surface area contributed by atoms with Crippen LogP contribution in [0.4, 0.5) is 4.39 Å². The lowest BCUT2D eigenvalue weighted by atomic mass is 10.1. The monoisotopic (exact) mass is 188 g/mol. The molecule has 0 spiro atoms. The van der Waals surface area contributed by atoms with E-state index in [1.54, 1.807) is 0 Å². The molecule has 0 atom stereocenters. The summed E-state index contributed by atoms with van der Waals surface area (Å²) in [6.07, 6.45) is 0. The lowest BCUT2D eigenvalue weighted by Gasteiger charge is -1.98. The Balaban J connectivity index is 3.15. The first-order valence-corrected chi connectivity index (χ1v) is 3.75. The zero-order chi connectivity index (χ0) is 9.14. The Morgan fingerprint density at radius 1 is 1.50 bits per heavy atom. The van der Waals surface area contributed by atoms with E-state index in [-0.39, 0.29) is 11.4 Å². The summed E-state index contributed by atoms with van der Waals surface area (Å²) in [6, 6.07) is 3.51. The van der Waals surface area contributed by atoms with Crippen molar-refractivity contribution in [2.75, 3.05) is 0 Å². The fourth-order valence-corrected chi connectivity index (χ4v) is 1.01. The van der Waals surface area contributed by atoms with E-state index in [2.05, 4.69) is 0 Å². The van der Waals surface area contributed by atoms with Gasteiger partial charge in [0.25, 0.3) is 0 Å². The average molecular weight is 189 g/mol. The topological polar surface area (TPSA) is 37.3 Å². The Bertz CT molecular complexity index is 312. The molecule has 1 N–H and O–H groups in total. The summed E-state index contributed by atoms with van der Waals surface area (Å²) in [7, 11) is 0. The highest BCUT2D eigenvalue weighted by atomic mass is 35.5. The van der Waals surface area contributed by atoms with Gasteiger partial charge in [-0.1, -0.05) is 0 Å². The van der Waals surface area contributed by atoms with Crippen molar-refractivity contribution in [3.8, 4) is 0 Å². The summed E-state index contributed by atoms with van der Waals surface area (Å²) in [6.45, 7) is 0. The molecule has 0 heterocycles. The molecule has 0 saturated carbocycles. The van der Waals surface area contributed by atoms with Gasteiger partial charge in [0.2, 0.25) is 0 Å². The molecule has 64 valence electrons. The fraction of sp³-hybridized carbons (Fsp3) is 0.125. The van der Waals surface area contributed by atoms with Gasteiger partial charge in [-0.15, -0.1) is 11.6 Å². The van der Waals surface area contributed by atoms with Gasteiger partial charge in [-0.2, -0.15) is 0 Å². The number of halogens is 2. The molecule has 1 rings (SSSR count). The Labute approximate surface area is 73.6 Å². The van der Waals surface area contributed by atoms with Crippen LogP contribution in [0.2, 0.25) is 0 Å². The van der Waals surface area contributed by atoms with Gasteiger partial charge in [0.05, 0.1) is 5.56 Å². The van der Waals surface area contributed by atoms with Crippen molar-refractivity contribution in [3.63, 3.8) is 0 Å². The lowest BCUT2D eigenvalue weighted by Crippen LogP contribution is -1.98. The highest BCUT2D eigenvalue weighted by Crippen LogP contribution is 2.11. The Morgan fingerprint density at radius 2 is 2.17 bits per heavy atom. The minimum Gasteiger partial charge on any atom is -0.478 e. The maximum absolute atomic E-state index is 12.7. The number of hydrogen-bond donors (Lipinski definition) is 1. The number of alkyl halides is 1. The number of carboxylic acids is 1. The molecule has 0 fully saturated rings. The first-order chi connectivity index (χ1) is 5.63. The molecule has 0 aliphatic carbocycles. The van der Waals surface area contributed by atoms with Crippen LogP contribution in [0.15, 0.2) is 18.2 Å². The molecule has 0 radical (unpaired) electrons. The summed E-state index contributed by atoms with van der Waals surface area (Å²) in [5.41, 5.74) is 0.389. The SMILES string of the molecule is O=C(O)c1cc(F)cc(CCl)c1. The van der Waals surface area contributed by atoms with Crippen LogP contribution >= 0.6 is 11.6 Å². The average Bonchev–Trinajstić information content (AvgIpc) is 2.03. The van der Waals surface area contributed by atoms with Crippen LogP contribution in [0.3, 0.4) is 0 Å². The smallest absolute Gasteiger partial charge is 0.335 e. The van der Waals surface area contributed by atoms with Gasteiger partial charge in [0.1, 0.15) is 5.82 Å². The lowest BCUT2D eigenvalue weighted by molar-refractivity contribution is 0.0696. The van der Waals surface area contributed by atoms with Gasteiger partial charge in [0.15, 0.2) is 0 Å². The second kappa shape index (κ2) is 3.54. The zero-order valence-electron chi connectivity index (χ0n) is 6.05. The molecule has 0 unspecified atom stereocenters. The highest BCUT2D eigenvalue weighted by Gasteiger charge is 2.05. The van der Waals surface area contributed by atoms with Crippen LogP contribution in [-0.4, -0.2) is 11.1 Å². The van der Waals surface area contributed by atoms with Crippen molar-refractivity contribution in [3.05, 3.63) is 35.1 Å². The molecule has 0 aromatic heterocycles. The van der Waals surface area contributed by atoms with E-state index < -0.39 is 11.8 Å². The molecule has 1 aromatic carbocycles. The third-order valence-corrected chi connectivity index (χ3v) is 1.67. The number of carbonyl (C=O) groups is 1. The van der Waals surface area contributed by atoms with Crippen molar-refractivity contribution in [1.29, 1.82) is 0 Å². The Kier molecular flexibility index (Phi) is 2.65. The van der Waals surface area contributed by atoms with Crippen LogP contribution in [0, 0.1) is 5.82 Å². The number of aromatic carboxylic acids is 1. The normalized spacial score (nSPS) is 9.83. The summed E-state index contributed by atoms with van der Waals surface area (Å²) in [5.74, 6) is -1.62. The van der Waals surface area contributed by atoms with Crippen molar-refractivity contribution < 1.29 is 14.3 Å². The second-order valence-electron chi connectivity index (χ2n) is 2.29. The predicted molar refractivity (Wildman–Crippen MR) is 42.9 cm³/mol. The molecule has 0 saturated heterocycles. The zero-order valence-corrected chi connectivity index (χ0v) is 6.81. The van der Waals surface area contributed by atoms with Gasteiger partial charge in [-0.3, -0.25) is 0 Å². The van der Waals surface area contributed by atoms with E-state index in [0.29, 0.717) is 5.56 Å². The van der Waals surface area contributed by atoms with Crippen molar-refractivity contribution in [1.82, 2.24) is 0 Å². The number of rotatable bonds is 2. The maximum atomic E-state index is 12.7. The summed E-state index contributed by atoms with van der Waals surface area (Å²) >= 11 is 5.42. The van der Waals surface area contributed by atoms with E-state index >= 15 is 0 Å². The van der Waals surface area contributed by atoms with Gasteiger partial charge >= 0.3 is 5.97 Å². The largest absolute Gasteiger partial charge is 0.478 e. The molecule has 0 bridgehead atoms. The summed E-state index contributed by atoms with van der Waals surface area (Å²) < 4.78 is 12.7. The Hall–Kier alpha value is -1.09.